The molecule has 0 saturated carbocycles. The molecule has 2 saturated heterocycles. The highest BCUT2D eigenvalue weighted by Gasteiger charge is 2.37. The van der Waals surface area contributed by atoms with Gasteiger partial charge in [-0.1, -0.05) is 44.2 Å². The molecule has 0 spiro atoms. The van der Waals surface area contributed by atoms with E-state index in [1.165, 1.54) is 5.56 Å². The molecular formula is C23H35N3O2. The van der Waals surface area contributed by atoms with Gasteiger partial charge in [0.2, 0.25) is 11.8 Å². The Bertz CT molecular complexity index is 653. The van der Waals surface area contributed by atoms with Crippen LogP contribution in [0.4, 0.5) is 0 Å². The van der Waals surface area contributed by atoms with Crippen molar-refractivity contribution in [3.63, 3.8) is 0 Å². The van der Waals surface area contributed by atoms with E-state index >= 15 is 0 Å². The minimum absolute atomic E-state index is 0.0122. The largest absolute Gasteiger partial charge is 0.353 e. The van der Waals surface area contributed by atoms with Crippen LogP contribution in [0.25, 0.3) is 0 Å². The number of benzene rings is 1. The number of hydrogen-bond acceptors (Lipinski definition) is 3. The van der Waals surface area contributed by atoms with Gasteiger partial charge in [0.05, 0.1) is 5.92 Å². The fourth-order valence-electron chi connectivity index (χ4n) is 4.51. The maximum Gasteiger partial charge on any atom is 0.225 e. The van der Waals surface area contributed by atoms with Crippen LogP contribution in [-0.2, 0) is 16.1 Å². The number of nitrogens with zero attached hydrogens (tertiary/aromatic N) is 2. The summed E-state index contributed by atoms with van der Waals surface area (Å²) in [5.41, 5.74) is 1.34. The molecule has 5 nitrogen and oxygen atoms in total. The highest BCUT2D eigenvalue weighted by atomic mass is 16.2. The second kappa shape index (κ2) is 9.55. The normalized spacial score (nSPS) is 24.6. The van der Waals surface area contributed by atoms with Gasteiger partial charge in [0, 0.05) is 44.7 Å². The van der Waals surface area contributed by atoms with Gasteiger partial charge < -0.3 is 10.2 Å². The molecule has 1 aromatic carbocycles. The Kier molecular flexibility index (Phi) is 7.11. The molecular weight excluding hydrogens is 350 g/mol. The Hall–Kier alpha value is -1.88. The van der Waals surface area contributed by atoms with Crippen molar-refractivity contribution in [2.75, 3.05) is 19.6 Å². The van der Waals surface area contributed by atoms with E-state index in [0.717, 1.165) is 39.0 Å². The molecule has 1 N–H and O–H groups in total. The van der Waals surface area contributed by atoms with Crippen LogP contribution in [-0.4, -0.2) is 53.3 Å². The zero-order valence-corrected chi connectivity index (χ0v) is 17.6. The summed E-state index contributed by atoms with van der Waals surface area (Å²) in [6, 6.07) is 10.8. The minimum Gasteiger partial charge on any atom is -0.353 e. The maximum atomic E-state index is 12.9. The molecule has 0 aliphatic carbocycles. The molecule has 2 aliphatic heterocycles. The van der Waals surface area contributed by atoms with Gasteiger partial charge in [-0.25, -0.2) is 0 Å². The molecule has 2 heterocycles. The summed E-state index contributed by atoms with van der Waals surface area (Å²) in [6.45, 7) is 10.0. The van der Waals surface area contributed by atoms with Crippen LogP contribution in [0.1, 0.15) is 52.0 Å². The predicted molar refractivity (Wildman–Crippen MR) is 112 cm³/mol. The van der Waals surface area contributed by atoms with Crippen LogP contribution in [0, 0.1) is 11.8 Å². The van der Waals surface area contributed by atoms with E-state index in [1.54, 1.807) is 0 Å². The van der Waals surface area contributed by atoms with E-state index in [2.05, 4.69) is 48.3 Å². The lowest BCUT2D eigenvalue weighted by Crippen LogP contribution is -2.54. The van der Waals surface area contributed by atoms with E-state index in [1.807, 2.05) is 17.9 Å². The maximum absolute atomic E-state index is 12.9. The number of likely N-dealkylation sites (tertiary alicyclic amines) is 2. The molecule has 0 radical (unpaired) electrons. The number of piperidine rings is 2. The number of rotatable bonds is 6. The van der Waals surface area contributed by atoms with Crippen LogP contribution in [0.15, 0.2) is 30.3 Å². The summed E-state index contributed by atoms with van der Waals surface area (Å²) >= 11 is 0. The molecule has 3 rings (SSSR count). The first-order valence-electron chi connectivity index (χ1n) is 10.8. The fourth-order valence-corrected chi connectivity index (χ4v) is 4.51. The lowest BCUT2D eigenvalue weighted by atomic mass is 9.87. The Morgan fingerprint density at radius 3 is 2.46 bits per heavy atom. The van der Waals surface area contributed by atoms with Gasteiger partial charge in [0.25, 0.3) is 0 Å². The first-order valence-corrected chi connectivity index (χ1v) is 10.8. The molecule has 2 aliphatic rings. The fraction of sp³-hybridized carbons (Fsp3) is 0.652. The summed E-state index contributed by atoms with van der Waals surface area (Å²) in [4.78, 5) is 29.6. The molecule has 0 aromatic heterocycles. The van der Waals surface area contributed by atoms with Crippen LogP contribution < -0.4 is 5.32 Å². The molecule has 2 atom stereocenters. The molecule has 154 valence electrons. The standard InChI is InChI=1S/C23H35N3O2/c1-17(2)15-26-18(3)21(9-10-22(26)27)23(28)24-20-11-13-25(14-12-20)16-19-7-5-4-6-8-19/h4-8,17-18,20-21H,9-16H2,1-3H3,(H,24,28). The molecule has 2 amide bonds. The minimum atomic E-state index is -0.0844. The van der Waals surface area contributed by atoms with Gasteiger partial charge in [-0.3, -0.25) is 14.5 Å². The van der Waals surface area contributed by atoms with Crippen LogP contribution in [0.5, 0.6) is 0 Å². The summed E-state index contributed by atoms with van der Waals surface area (Å²) in [5.74, 6) is 0.663. The first-order chi connectivity index (χ1) is 13.4. The molecule has 1 aromatic rings. The van der Waals surface area contributed by atoms with Crippen molar-refractivity contribution in [2.45, 2.75) is 65.1 Å². The van der Waals surface area contributed by atoms with Crippen LogP contribution in [0.3, 0.4) is 0 Å². The average molecular weight is 386 g/mol. The van der Waals surface area contributed by atoms with E-state index in [0.29, 0.717) is 18.8 Å². The van der Waals surface area contributed by atoms with E-state index in [4.69, 9.17) is 0 Å². The highest BCUT2D eigenvalue weighted by Crippen LogP contribution is 2.26. The number of amides is 2. The second-order valence-electron chi connectivity index (χ2n) is 8.87. The quantitative estimate of drug-likeness (QED) is 0.819. The Labute approximate surface area is 169 Å². The smallest absolute Gasteiger partial charge is 0.225 e. The van der Waals surface area contributed by atoms with Crippen LogP contribution in [0.2, 0.25) is 0 Å². The van der Waals surface area contributed by atoms with Crippen molar-refractivity contribution < 1.29 is 9.59 Å². The Morgan fingerprint density at radius 2 is 1.82 bits per heavy atom. The molecule has 5 heteroatoms. The molecule has 2 fully saturated rings. The number of carbonyl (C=O) groups excluding carboxylic acids is 2. The lowest BCUT2D eigenvalue weighted by molar-refractivity contribution is -0.143. The van der Waals surface area contributed by atoms with Gasteiger partial charge in [-0.05, 0) is 37.7 Å². The topological polar surface area (TPSA) is 52.7 Å². The zero-order chi connectivity index (χ0) is 20.1. The number of hydrogen-bond donors (Lipinski definition) is 1. The monoisotopic (exact) mass is 385 g/mol. The van der Waals surface area contributed by atoms with Gasteiger partial charge >= 0.3 is 0 Å². The van der Waals surface area contributed by atoms with Crippen molar-refractivity contribution >= 4 is 11.8 Å². The van der Waals surface area contributed by atoms with Crippen molar-refractivity contribution in [3.05, 3.63) is 35.9 Å². The number of carbonyl (C=O) groups is 2. The van der Waals surface area contributed by atoms with Crippen molar-refractivity contribution in [1.29, 1.82) is 0 Å². The van der Waals surface area contributed by atoms with Crippen molar-refractivity contribution in [3.8, 4) is 0 Å². The first kappa shape index (κ1) is 20.8. The van der Waals surface area contributed by atoms with Crippen molar-refractivity contribution in [1.82, 2.24) is 15.1 Å². The molecule has 28 heavy (non-hydrogen) atoms. The zero-order valence-electron chi connectivity index (χ0n) is 17.6. The van der Waals surface area contributed by atoms with Gasteiger partial charge in [0.1, 0.15) is 0 Å². The van der Waals surface area contributed by atoms with E-state index < -0.39 is 0 Å². The third kappa shape index (κ3) is 5.34. The van der Waals surface area contributed by atoms with Gasteiger partial charge in [-0.2, -0.15) is 0 Å². The Balaban J connectivity index is 1.48. The second-order valence-corrected chi connectivity index (χ2v) is 8.87. The lowest BCUT2D eigenvalue weighted by Gasteiger charge is -2.40. The van der Waals surface area contributed by atoms with Crippen molar-refractivity contribution in [2.24, 2.45) is 11.8 Å². The number of nitrogens with one attached hydrogen (secondary N) is 1. The predicted octanol–water partition coefficient (Wildman–Crippen LogP) is 3.05. The summed E-state index contributed by atoms with van der Waals surface area (Å²) in [5, 5.41) is 3.29. The van der Waals surface area contributed by atoms with Crippen LogP contribution >= 0.6 is 0 Å². The SMILES string of the molecule is CC(C)CN1C(=O)CCC(C(=O)NC2CCN(Cc3ccccc3)CC2)C1C. The van der Waals surface area contributed by atoms with E-state index in [-0.39, 0.29) is 29.8 Å². The average Bonchev–Trinajstić information content (AvgIpc) is 2.67. The third-order valence-electron chi connectivity index (χ3n) is 6.15. The third-order valence-corrected chi connectivity index (χ3v) is 6.15. The van der Waals surface area contributed by atoms with Gasteiger partial charge in [0.15, 0.2) is 0 Å². The summed E-state index contributed by atoms with van der Waals surface area (Å²) < 4.78 is 0. The summed E-state index contributed by atoms with van der Waals surface area (Å²) in [7, 11) is 0. The van der Waals surface area contributed by atoms with Gasteiger partial charge in [-0.15, -0.1) is 0 Å². The Morgan fingerprint density at radius 1 is 1.14 bits per heavy atom. The summed E-state index contributed by atoms with van der Waals surface area (Å²) in [6.07, 6.45) is 3.15. The highest BCUT2D eigenvalue weighted by molar-refractivity contribution is 5.84. The molecule has 2 unspecified atom stereocenters. The van der Waals surface area contributed by atoms with E-state index in [9.17, 15) is 9.59 Å². The molecule has 0 bridgehead atoms.